The Balaban J connectivity index is 2.46. The highest BCUT2D eigenvalue weighted by Gasteiger charge is 2.18. The number of rotatable bonds is 4. The molecule has 1 aromatic heterocycles. The Kier molecular flexibility index (Phi) is 4.26. The van der Waals surface area contributed by atoms with Crippen LogP contribution in [-0.2, 0) is 0 Å². The van der Waals surface area contributed by atoms with Crippen LogP contribution in [0.2, 0.25) is 0 Å². The van der Waals surface area contributed by atoms with Gasteiger partial charge < -0.3 is 4.74 Å². The summed E-state index contributed by atoms with van der Waals surface area (Å²) in [7, 11) is 1.43. The fourth-order valence-corrected chi connectivity index (χ4v) is 2.09. The monoisotopic (exact) mass is 276 g/mol. The Hall–Kier alpha value is -2.05. The van der Waals surface area contributed by atoms with E-state index in [-0.39, 0.29) is 11.8 Å². The van der Waals surface area contributed by atoms with Crippen molar-refractivity contribution >= 4 is 0 Å². The van der Waals surface area contributed by atoms with E-state index in [1.807, 2.05) is 19.9 Å². The van der Waals surface area contributed by atoms with E-state index in [4.69, 9.17) is 10.6 Å². The number of ether oxygens (including phenoxy) is 1. The number of hydrazine groups is 1. The second-order valence-electron chi connectivity index (χ2n) is 4.52. The zero-order valence-electron chi connectivity index (χ0n) is 11.6. The maximum absolute atomic E-state index is 13.8. The van der Waals surface area contributed by atoms with Gasteiger partial charge >= 0.3 is 0 Å². The molecule has 2 aromatic rings. The van der Waals surface area contributed by atoms with Crippen LogP contribution in [0.15, 0.2) is 24.3 Å². The van der Waals surface area contributed by atoms with Gasteiger partial charge in [0.1, 0.15) is 0 Å². The standard InChI is InChI=1S/C14H17FN4O/c1-8-6-11(9(2)19-18-8)14(17-16)10-4-5-13(20-3)12(15)7-10/h4-7,14,17H,16H2,1-3H3. The first-order valence-corrected chi connectivity index (χ1v) is 6.17. The van der Waals surface area contributed by atoms with Gasteiger partial charge in [0, 0.05) is 0 Å². The topological polar surface area (TPSA) is 73.1 Å². The first-order valence-electron chi connectivity index (χ1n) is 6.17. The third-order valence-corrected chi connectivity index (χ3v) is 3.13. The normalized spacial score (nSPS) is 12.2. The van der Waals surface area contributed by atoms with Crippen LogP contribution in [0.5, 0.6) is 5.75 Å². The summed E-state index contributed by atoms with van der Waals surface area (Å²) in [5.41, 5.74) is 5.78. The van der Waals surface area contributed by atoms with Gasteiger partial charge in [0.05, 0.1) is 24.5 Å². The molecule has 6 heteroatoms. The molecule has 0 saturated carbocycles. The van der Waals surface area contributed by atoms with E-state index in [0.717, 1.165) is 17.0 Å². The molecule has 1 aromatic carbocycles. The van der Waals surface area contributed by atoms with E-state index >= 15 is 0 Å². The summed E-state index contributed by atoms with van der Waals surface area (Å²) in [5.74, 6) is 5.39. The van der Waals surface area contributed by atoms with Gasteiger partial charge in [0.25, 0.3) is 0 Å². The number of aryl methyl sites for hydroxylation is 2. The fraction of sp³-hybridized carbons (Fsp3) is 0.286. The quantitative estimate of drug-likeness (QED) is 0.658. The number of aromatic nitrogens is 2. The minimum absolute atomic E-state index is 0.199. The fourth-order valence-electron chi connectivity index (χ4n) is 2.09. The van der Waals surface area contributed by atoms with Crippen molar-refractivity contribution in [3.8, 4) is 5.75 Å². The SMILES string of the molecule is COc1ccc(C(NN)c2cc(C)nnc2C)cc1F. The summed E-state index contributed by atoms with van der Waals surface area (Å²) in [5, 5.41) is 8.05. The van der Waals surface area contributed by atoms with E-state index in [9.17, 15) is 4.39 Å². The number of nitrogens with zero attached hydrogens (tertiary/aromatic N) is 2. The highest BCUT2D eigenvalue weighted by Crippen LogP contribution is 2.27. The van der Waals surface area contributed by atoms with E-state index in [0.29, 0.717) is 5.56 Å². The summed E-state index contributed by atoms with van der Waals surface area (Å²) < 4.78 is 18.7. The highest BCUT2D eigenvalue weighted by molar-refractivity contribution is 5.37. The number of methoxy groups -OCH3 is 1. The highest BCUT2D eigenvalue weighted by atomic mass is 19.1. The molecule has 1 heterocycles. The van der Waals surface area contributed by atoms with Crippen molar-refractivity contribution in [1.29, 1.82) is 0 Å². The lowest BCUT2D eigenvalue weighted by Gasteiger charge is -2.19. The van der Waals surface area contributed by atoms with Gasteiger partial charge in [0.15, 0.2) is 11.6 Å². The van der Waals surface area contributed by atoms with Gasteiger partial charge in [-0.25, -0.2) is 9.82 Å². The molecule has 0 fully saturated rings. The number of nitrogens with one attached hydrogen (secondary N) is 1. The van der Waals surface area contributed by atoms with E-state index in [2.05, 4.69) is 15.6 Å². The summed E-state index contributed by atoms with van der Waals surface area (Å²) in [6.45, 7) is 3.68. The molecule has 2 rings (SSSR count). The molecule has 3 N–H and O–H groups in total. The molecular formula is C14H17FN4O. The van der Waals surface area contributed by atoms with Crippen LogP contribution < -0.4 is 16.0 Å². The van der Waals surface area contributed by atoms with Gasteiger partial charge in [-0.2, -0.15) is 10.2 Å². The summed E-state index contributed by atoms with van der Waals surface area (Å²) in [6.07, 6.45) is 0. The van der Waals surface area contributed by atoms with Crippen LogP contribution in [0, 0.1) is 19.7 Å². The molecule has 106 valence electrons. The number of benzene rings is 1. The molecule has 1 unspecified atom stereocenters. The van der Waals surface area contributed by atoms with Crippen molar-refractivity contribution in [2.24, 2.45) is 5.84 Å². The van der Waals surface area contributed by atoms with Crippen LogP contribution in [0.1, 0.15) is 28.6 Å². The van der Waals surface area contributed by atoms with Gasteiger partial charge in [-0.15, -0.1) is 0 Å². The Morgan fingerprint density at radius 1 is 1.25 bits per heavy atom. The number of hydrogen-bond acceptors (Lipinski definition) is 5. The molecule has 20 heavy (non-hydrogen) atoms. The van der Waals surface area contributed by atoms with Crippen molar-refractivity contribution in [2.45, 2.75) is 19.9 Å². The second-order valence-corrected chi connectivity index (χ2v) is 4.52. The molecule has 0 spiro atoms. The van der Waals surface area contributed by atoms with Gasteiger partial charge in [-0.3, -0.25) is 5.84 Å². The van der Waals surface area contributed by atoms with E-state index in [1.54, 1.807) is 12.1 Å². The molecule has 0 amide bonds. The van der Waals surface area contributed by atoms with Gasteiger partial charge in [0.2, 0.25) is 0 Å². The van der Waals surface area contributed by atoms with Gasteiger partial charge in [-0.1, -0.05) is 6.07 Å². The molecule has 0 aliphatic heterocycles. The van der Waals surface area contributed by atoms with Crippen LogP contribution in [0.3, 0.4) is 0 Å². The van der Waals surface area contributed by atoms with Crippen molar-refractivity contribution < 1.29 is 9.13 Å². The maximum Gasteiger partial charge on any atom is 0.165 e. The van der Waals surface area contributed by atoms with Crippen molar-refractivity contribution in [3.05, 3.63) is 52.6 Å². The summed E-state index contributed by atoms with van der Waals surface area (Å²) >= 11 is 0. The van der Waals surface area contributed by atoms with Crippen LogP contribution >= 0.6 is 0 Å². The first kappa shape index (κ1) is 14.4. The van der Waals surface area contributed by atoms with Crippen molar-refractivity contribution in [3.63, 3.8) is 0 Å². The smallest absolute Gasteiger partial charge is 0.165 e. The van der Waals surface area contributed by atoms with E-state index < -0.39 is 5.82 Å². The predicted molar refractivity (Wildman–Crippen MR) is 73.6 cm³/mol. The minimum atomic E-state index is -0.429. The first-order chi connectivity index (χ1) is 9.56. The molecular weight excluding hydrogens is 259 g/mol. The maximum atomic E-state index is 13.8. The van der Waals surface area contributed by atoms with Crippen molar-refractivity contribution in [2.75, 3.05) is 7.11 Å². The third kappa shape index (κ3) is 2.76. The largest absolute Gasteiger partial charge is 0.494 e. The predicted octanol–water partition coefficient (Wildman–Crippen LogP) is 1.79. The lowest BCUT2D eigenvalue weighted by atomic mass is 9.98. The molecule has 0 aliphatic rings. The van der Waals surface area contributed by atoms with Crippen molar-refractivity contribution in [1.82, 2.24) is 15.6 Å². The molecule has 0 saturated heterocycles. The number of halogens is 1. The molecule has 0 bridgehead atoms. The summed E-state index contributed by atoms with van der Waals surface area (Å²) in [4.78, 5) is 0. The Morgan fingerprint density at radius 3 is 2.60 bits per heavy atom. The van der Waals surface area contributed by atoms with E-state index in [1.165, 1.54) is 13.2 Å². The zero-order valence-corrected chi connectivity index (χ0v) is 11.6. The number of nitrogens with two attached hydrogens (primary N) is 1. The lowest BCUT2D eigenvalue weighted by Crippen LogP contribution is -2.30. The third-order valence-electron chi connectivity index (χ3n) is 3.13. The molecule has 1 atom stereocenters. The van der Waals surface area contributed by atoms with Crippen LogP contribution in [-0.4, -0.2) is 17.3 Å². The Morgan fingerprint density at radius 2 is 2.00 bits per heavy atom. The molecule has 0 aliphatic carbocycles. The average Bonchev–Trinajstić information content (AvgIpc) is 2.44. The second kappa shape index (κ2) is 5.94. The Bertz CT molecular complexity index is 618. The summed E-state index contributed by atoms with van der Waals surface area (Å²) in [6, 6.07) is 6.27. The van der Waals surface area contributed by atoms with Gasteiger partial charge in [-0.05, 0) is 43.2 Å². The van der Waals surface area contributed by atoms with Crippen LogP contribution in [0.4, 0.5) is 4.39 Å². The zero-order chi connectivity index (χ0) is 14.7. The molecule has 5 nitrogen and oxygen atoms in total. The lowest BCUT2D eigenvalue weighted by molar-refractivity contribution is 0.385. The van der Waals surface area contributed by atoms with Crippen LogP contribution in [0.25, 0.3) is 0 Å². The molecule has 0 radical (unpaired) electrons. The minimum Gasteiger partial charge on any atom is -0.494 e. The average molecular weight is 276 g/mol. The Labute approximate surface area is 116 Å². The number of hydrogen-bond donors (Lipinski definition) is 2.